The van der Waals surface area contributed by atoms with E-state index in [2.05, 4.69) is 43.5 Å². The third kappa shape index (κ3) is 55.5. The number of ether oxygens (including phenoxy) is 1. The van der Waals surface area contributed by atoms with Gasteiger partial charge in [0, 0.05) is 12.8 Å². The highest BCUT2D eigenvalue weighted by Gasteiger charge is 2.20. The molecule has 0 radical (unpaired) electrons. The fourth-order valence-electron chi connectivity index (χ4n) is 9.69. The Hall–Kier alpha value is -1.66. The summed E-state index contributed by atoms with van der Waals surface area (Å²) in [5.41, 5.74) is 0. The number of hydrogen-bond donors (Lipinski definition) is 3. The summed E-state index contributed by atoms with van der Waals surface area (Å²) in [7, 11) is 0. The molecule has 408 valence electrons. The summed E-state index contributed by atoms with van der Waals surface area (Å²) in [5, 5.41) is 23.1. The molecule has 6 heteroatoms. The number of nitrogens with one attached hydrogen (secondary N) is 1. The molecule has 2 atom stereocenters. The molecule has 0 saturated heterocycles. The van der Waals surface area contributed by atoms with Crippen LogP contribution in [0.2, 0.25) is 0 Å². The van der Waals surface area contributed by atoms with Crippen molar-refractivity contribution in [1.82, 2.24) is 5.32 Å². The second-order valence-electron chi connectivity index (χ2n) is 21.4. The lowest BCUT2D eigenvalue weighted by atomic mass is 10.0. The monoisotopic (exact) mass is 972 g/mol. The summed E-state index contributed by atoms with van der Waals surface area (Å²) < 4.78 is 5.48. The molecule has 0 fully saturated rings. The summed E-state index contributed by atoms with van der Waals surface area (Å²) in [6.07, 6.45) is 72.1. The zero-order chi connectivity index (χ0) is 50.0. The molecule has 1 amide bonds. The van der Waals surface area contributed by atoms with Crippen LogP contribution in [-0.4, -0.2) is 47.4 Å². The van der Waals surface area contributed by atoms with E-state index in [0.29, 0.717) is 25.9 Å². The maximum Gasteiger partial charge on any atom is 0.305 e. The molecule has 0 aromatic heterocycles. The lowest BCUT2D eigenvalue weighted by molar-refractivity contribution is -0.143. The van der Waals surface area contributed by atoms with Gasteiger partial charge in [-0.05, 0) is 77.0 Å². The number of amides is 1. The molecule has 0 spiro atoms. The van der Waals surface area contributed by atoms with Gasteiger partial charge in [-0.25, -0.2) is 0 Å². The number of aliphatic hydroxyl groups is 2. The number of esters is 1. The zero-order valence-corrected chi connectivity index (χ0v) is 46.6. The maximum atomic E-state index is 12.4. The van der Waals surface area contributed by atoms with Crippen molar-refractivity contribution in [1.29, 1.82) is 0 Å². The van der Waals surface area contributed by atoms with E-state index >= 15 is 0 Å². The Morgan fingerprint density at radius 2 is 0.681 bits per heavy atom. The van der Waals surface area contributed by atoms with Crippen molar-refractivity contribution >= 4 is 11.9 Å². The van der Waals surface area contributed by atoms with Crippen LogP contribution < -0.4 is 5.32 Å². The van der Waals surface area contributed by atoms with Gasteiger partial charge in [-0.15, -0.1) is 0 Å². The highest BCUT2D eigenvalue weighted by Crippen LogP contribution is 2.17. The Balaban J connectivity index is 3.34. The van der Waals surface area contributed by atoms with Crippen molar-refractivity contribution in [2.45, 2.75) is 353 Å². The van der Waals surface area contributed by atoms with E-state index < -0.39 is 12.1 Å². The van der Waals surface area contributed by atoms with Gasteiger partial charge in [-0.2, -0.15) is 0 Å². The maximum absolute atomic E-state index is 12.4. The normalized spacial score (nSPS) is 12.7. The predicted molar refractivity (Wildman–Crippen MR) is 301 cm³/mol. The van der Waals surface area contributed by atoms with Crippen molar-refractivity contribution in [3.63, 3.8) is 0 Å². The smallest absolute Gasteiger partial charge is 0.305 e. The van der Waals surface area contributed by atoms with E-state index in [1.807, 2.05) is 0 Å². The highest BCUT2D eigenvalue weighted by molar-refractivity contribution is 5.76. The van der Waals surface area contributed by atoms with Gasteiger partial charge in [0.1, 0.15) is 0 Å². The number of aliphatic hydroxyl groups excluding tert-OH is 2. The van der Waals surface area contributed by atoms with Crippen LogP contribution in [0.5, 0.6) is 0 Å². The van der Waals surface area contributed by atoms with Gasteiger partial charge in [-0.1, -0.05) is 276 Å². The topological polar surface area (TPSA) is 95.9 Å². The van der Waals surface area contributed by atoms with Crippen molar-refractivity contribution in [2.24, 2.45) is 0 Å². The molecular formula is C63H121NO5. The fraction of sp³-hybridized carbons (Fsp3) is 0.905. The van der Waals surface area contributed by atoms with Crippen LogP contribution in [0.15, 0.2) is 24.3 Å². The summed E-state index contributed by atoms with van der Waals surface area (Å²) >= 11 is 0. The zero-order valence-electron chi connectivity index (χ0n) is 46.6. The largest absolute Gasteiger partial charge is 0.466 e. The van der Waals surface area contributed by atoms with Crippen LogP contribution in [0.3, 0.4) is 0 Å². The minimum absolute atomic E-state index is 0.00802. The lowest BCUT2D eigenvalue weighted by Crippen LogP contribution is -2.45. The Morgan fingerprint density at radius 3 is 1.03 bits per heavy atom. The SMILES string of the molecule is CCCCCCC/C=C\CCCCCCCC(=O)OCCCCCCCCCCCCCC/C=C\CCCCCCCCCCCCCCCC(=O)NC(CO)C(O)CCCCCCCCCCC. The predicted octanol–water partition coefficient (Wildman–Crippen LogP) is 19.4. The van der Waals surface area contributed by atoms with E-state index in [1.165, 1.54) is 263 Å². The first-order valence-corrected chi connectivity index (χ1v) is 31.1. The third-order valence-electron chi connectivity index (χ3n) is 14.5. The molecule has 0 aliphatic carbocycles. The number of hydrogen-bond acceptors (Lipinski definition) is 5. The van der Waals surface area contributed by atoms with Crippen LogP contribution in [0.1, 0.15) is 341 Å². The Morgan fingerprint density at radius 1 is 0.391 bits per heavy atom. The second kappa shape index (κ2) is 58.9. The lowest BCUT2D eigenvalue weighted by Gasteiger charge is -2.22. The highest BCUT2D eigenvalue weighted by atomic mass is 16.5. The molecule has 0 aromatic rings. The van der Waals surface area contributed by atoms with Crippen LogP contribution in [0.25, 0.3) is 0 Å². The Kier molecular flexibility index (Phi) is 57.5. The fourth-order valence-corrected chi connectivity index (χ4v) is 9.69. The van der Waals surface area contributed by atoms with Crippen LogP contribution in [-0.2, 0) is 14.3 Å². The quantitative estimate of drug-likeness (QED) is 0.0321. The molecule has 0 rings (SSSR count). The molecule has 0 aromatic carbocycles. The molecule has 0 saturated carbocycles. The number of rotatable bonds is 58. The Bertz CT molecular complexity index is 1080. The molecule has 0 heterocycles. The number of unbranched alkanes of at least 4 members (excludes halogenated alkanes) is 43. The summed E-state index contributed by atoms with van der Waals surface area (Å²) in [5.74, 6) is -0.0276. The molecular weight excluding hydrogens is 851 g/mol. The van der Waals surface area contributed by atoms with Crippen molar-refractivity contribution in [2.75, 3.05) is 13.2 Å². The van der Waals surface area contributed by atoms with Gasteiger partial charge >= 0.3 is 5.97 Å². The standard InChI is InChI=1S/C63H121NO5/c1-3-5-7-9-11-13-14-15-34-37-41-45-49-53-57-63(68)69-58-54-50-46-42-38-35-32-30-28-26-24-22-20-18-16-17-19-21-23-25-27-29-31-33-36-40-44-48-52-56-62(67)64-60(59-65)61(66)55-51-47-43-39-12-10-8-6-4-2/h14-16,18,60-61,65-66H,3-13,17,19-59H2,1-2H3,(H,64,67)/b15-14-,18-16-. The first-order chi connectivity index (χ1) is 34.0. The van der Waals surface area contributed by atoms with Crippen LogP contribution >= 0.6 is 0 Å². The van der Waals surface area contributed by atoms with Crippen molar-refractivity contribution in [3.8, 4) is 0 Å². The minimum Gasteiger partial charge on any atom is -0.466 e. The average Bonchev–Trinajstić information content (AvgIpc) is 3.35. The number of carbonyl (C=O) groups is 2. The third-order valence-corrected chi connectivity index (χ3v) is 14.5. The average molecular weight is 973 g/mol. The second-order valence-corrected chi connectivity index (χ2v) is 21.4. The number of allylic oxidation sites excluding steroid dienone is 4. The van der Waals surface area contributed by atoms with E-state index in [-0.39, 0.29) is 18.5 Å². The van der Waals surface area contributed by atoms with Gasteiger partial charge in [0.25, 0.3) is 0 Å². The van der Waals surface area contributed by atoms with E-state index in [1.54, 1.807) is 0 Å². The van der Waals surface area contributed by atoms with E-state index in [9.17, 15) is 19.8 Å². The summed E-state index contributed by atoms with van der Waals surface area (Å²) in [6, 6.07) is -0.538. The number of carbonyl (C=O) groups excluding carboxylic acids is 2. The molecule has 6 nitrogen and oxygen atoms in total. The van der Waals surface area contributed by atoms with E-state index in [0.717, 1.165) is 44.9 Å². The first kappa shape index (κ1) is 67.3. The van der Waals surface area contributed by atoms with Crippen LogP contribution in [0.4, 0.5) is 0 Å². The van der Waals surface area contributed by atoms with Gasteiger partial charge in [0.2, 0.25) is 5.91 Å². The minimum atomic E-state index is -0.661. The van der Waals surface area contributed by atoms with Gasteiger partial charge in [0.15, 0.2) is 0 Å². The van der Waals surface area contributed by atoms with E-state index in [4.69, 9.17) is 4.74 Å². The Labute approximate surface area is 431 Å². The van der Waals surface area contributed by atoms with Gasteiger partial charge in [0.05, 0.1) is 25.4 Å². The molecule has 0 aliphatic rings. The molecule has 0 aliphatic heterocycles. The molecule has 2 unspecified atom stereocenters. The molecule has 3 N–H and O–H groups in total. The summed E-state index contributed by atoms with van der Waals surface area (Å²) in [6.45, 7) is 4.93. The van der Waals surface area contributed by atoms with Gasteiger partial charge < -0.3 is 20.3 Å². The summed E-state index contributed by atoms with van der Waals surface area (Å²) in [4.78, 5) is 24.4. The van der Waals surface area contributed by atoms with Gasteiger partial charge in [-0.3, -0.25) is 9.59 Å². The molecule has 0 bridgehead atoms. The first-order valence-electron chi connectivity index (χ1n) is 31.1. The van der Waals surface area contributed by atoms with Crippen molar-refractivity contribution < 1.29 is 24.5 Å². The van der Waals surface area contributed by atoms with Crippen molar-refractivity contribution in [3.05, 3.63) is 24.3 Å². The van der Waals surface area contributed by atoms with Crippen LogP contribution in [0, 0.1) is 0 Å². The molecule has 69 heavy (non-hydrogen) atoms.